The van der Waals surface area contributed by atoms with Gasteiger partial charge < -0.3 is 10.4 Å². The third-order valence-corrected chi connectivity index (χ3v) is 5.35. The second kappa shape index (κ2) is 6.93. The Balaban J connectivity index is 1.85. The number of amides is 1. The lowest BCUT2D eigenvalue weighted by Gasteiger charge is -2.32. The van der Waals surface area contributed by atoms with Gasteiger partial charge >= 0.3 is 0 Å². The summed E-state index contributed by atoms with van der Waals surface area (Å²) in [6.07, 6.45) is 0. The lowest BCUT2D eigenvalue weighted by Crippen LogP contribution is -2.50. The normalized spacial score (nSPS) is 21.1. The minimum absolute atomic E-state index is 0.00703. The van der Waals surface area contributed by atoms with Gasteiger partial charge in [-0.05, 0) is 36.2 Å². The van der Waals surface area contributed by atoms with Crippen LogP contribution in [0.5, 0.6) is 0 Å². The van der Waals surface area contributed by atoms with Crippen LogP contribution < -0.4 is 5.32 Å². The molecule has 1 aromatic heterocycles. The molecular formula is C14H22N2O2S2. The average Bonchev–Trinajstić information content (AvgIpc) is 3.00. The second-order valence-electron chi connectivity index (χ2n) is 5.33. The molecule has 20 heavy (non-hydrogen) atoms. The fourth-order valence-corrected chi connectivity index (χ4v) is 3.92. The Bertz CT molecular complexity index is 428. The van der Waals surface area contributed by atoms with Crippen molar-refractivity contribution in [2.75, 3.05) is 31.1 Å². The van der Waals surface area contributed by atoms with Gasteiger partial charge in [0.05, 0.1) is 12.6 Å². The lowest BCUT2D eigenvalue weighted by atomic mass is 9.99. The van der Waals surface area contributed by atoms with Gasteiger partial charge in [-0.15, -0.1) is 0 Å². The number of nitrogens with zero attached hydrogens (tertiary/aromatic N) is 1. The maximum atomic E-state index is 12.2. The molecule has 2 rings (SSSR count). The number of carbonyl (C=O) groups excluding carboxylic acids is 1. The van der Waals surface area contributed by atoms with Crippen molar-refractivity contribution in [3.05, 3.63) is 22.4 Å². The largest absolute Gasteiger partial charge is 0.384 e. The molecule has 1 saturated heterocycles. The first-order valence-electron chi connectivity index (χ1n) is 6.85. The van der Waals surface area contributed by atoms with Crippen LogP contribution in [0.2, 0.25) is 0 Å². The molecule has 0 aliphatic carbocycles. The van der Waals surface area contributed by atoms with Crippen LogP contribution in [0.1, 0.15) is 19.4 Å². The first-order valence-corrected chi connectivity index (χ1v) is 8.95. The van der Waals surface area contributed by atoms with Crippen molar-refractivity contribution in [2.45, 2.75) is 25.5 Å². The molecule has 4 nitrogen and oxygen atoms in total. The van der Waals surface area contributed by atoms with E-state index in [9.17, 15) is 9.90 Å². The summed E-state index contributed by atoms with van der Waals surface area (Å²) < 4.78 is 0. The van der Waals surface area contributed by atoms with E-state index in [0.717, 1.165) is 30.2 Å². The fraction of sp³-hybridized carbons (Fsp3) is 0.643. The molecule has 2 N–H and O–H groups in total. The Labute approximate surface area is 128 Å². The molecule has 0 spiro atoms. The van der Waals surface area contributed by atoms with Crippen LogP contribution in [0.4, 0.5) is 0 Å². The van der Waals surface area contributed by atoms with E-state index < -0.39 is 5.60 Å². The molecule has 0 saturated carbocycles. The molecule has 1 aromatic rings. The molecule has 112 valence electrons. The zero-order valence-electron chi connectivity index (χ0n) is 12.0. The molecule has 1 aliphatic heterocycles. The third-order valence-electron chi connectivity index (χ3n) is 3.72. The quantitative estimate of drug-likeness (QED) is 0.865. The van der Waals surface area contributed by atoms with Crippen molar-refractivity contribution >= 4 is 29.0 Å². The molecule has 2 unspecified atom stereocenters. The summed E-state index contributed by atoms with van der Waals surface area (Å²) in [5.41, 5.74) is -0.155. The Kier molecular flexibility index (Phi) is 5.49. The van der Waals surface area contributed by atoms with Crippen LogP contribution in [-0.2, 0) is 10.4 Å². The van der Waals surface area contributed by atoms with Gasteiger partial charge in [0.25, 0.3) is 0 Å². The van der Waals surface area contributed by atoms with Crippen LogP contribution >= 0.6 is 23.1 Å². The van der Waals surface area contributed by atoms with E-state index in [1.54, 1.807) is 18.3 Å². The number of rotatable bonds is 5. The van der Waals surface area contributed by atoms with Gasteiger partial charge in [-0.3, -0.25) is 9.69 Å². The Morgan fingerprint density at radius 2 is 2.25 bits per heavy atom. The van der Waals surface area contributed by atoms with E-state index in [0.29, 0.717) is 0 Å². The highest BCUT2D eigenvalue weighted by atomic mass is 32.2. The first kappa shape index (κ1) is 15.8. The maximum absolute atomic E-state index is 12.2. The maximum Gasteiger partial charge on any atom is 0.237 e. The zero-order chi connectivity index (χ0) is 14.6. The van der Waals surface area contributed by atoms with E-state index in [1.807, 2.05) is 35.5 Å². The molecule has 1 aliphatic rings. The predicted octanol–water partition coefficient (Wildman–Crippen LogP) is 1.51. The van der Waals surface area contributed by atoms with Gasteiger partial charge in [-0.2, -0.15) is 23.1 Å². The Morgan fingerprint density at radius 1 is 1.55 bits per heavy atom. The molecule has 0 radical (unpaired) electrons. The first-order chi connectivity index (χ1) is 9.50. The predicted molar refractivity (Wildman–Crippen MR) is 85.3 cm³/mol. The van der Waals surface area contributed by atoms with Crippen LogP contribution in [0, 0.1) is 0 Å². The summed E-state index contributed by atoms with van der Waals surface area (Å²) in [5.74, 6) is 2.17. The molecular weight excluding hydrogens is 292 g/mol. The van der Waals surface area contributed by atoms with Gasteiger partial charge in [-0.1, -0.05) is 0 Å². The Hall–Kier alpha value is -0.560. The van der Waals surface area contributed by atoms with Crippen LogP contribution in [0.3, 0.4) is 0 Å². The highest BCUT2D eigenvalue weighted by Crippen LogP contribution is 2.22. The molecule has 0 aromatic carbocycles. The van der Waals surface area contributed by atoms with Crippen molar-refractivity contribution in [1.82, 2.24) is 10.2 Å². The van der Waals surface area contributed by atoms with Gasteiger partial charge in [0, 0.05) is 24.6 Å². The lowest BCUT2D eigenvalue weighted by molar-refractivity contribution is -0.127. The third kappa shape index (κ3) is 3.97. The monoisotopic (exact) mass is 314 g/mol. The number of carbonyl (C=O) groups is 1. The smallest absolute Gasteiger partial charge is 0.237 e. The van der Waals surface area contributed by atoms with Gasteiger partial charge in [-0.25, -0.2) is 0 Å². The number of nitrogens with one attached hydrogen (secondary N) is 1. The summed E-state index contributed by atoms with van der Waals surface area (Å²) in [7, 11) is 0. The summed E-state index contributed by atoms with van der Waals surface area (Å²) in [5, 5.41) is 17.1. The SMILES string of the molecule is CC(C(=O)NCC(C)(O)c1ccsc1)N1CCSCC1. The van der Waals surface area contributed by atoms with Crippen LogP contribution in [-0.4, -0.2) is 53.1 Å². The van der Waals surface area contributed by atoms with E-state index in [1.165, 1.54) is 0 Å². The summed E-state index contributed by atoms with van der Waals surface area (Å²) >= 11 is 3.48. The van der Waals surface area contributed by atoms with Gasteiger partial charge in [0.2, 0.25) is 5.91 Å². The number of hydrogen-bond donors (Lipinski definition) is 2. The summed E-state index contributed by atoms with van der Waals surface area (Å²) in [6, 6.07) is 1.76. The van der Waals surface area contributed by atoms with Crippen molar-refractivity contribution in [1.29, 1.82) is 0 Å². The highest BCUT2D eigenvalue weighted by Gasteiger charge is 2.27. The number of thiophene rings is 1. The average molecular weight is 314 g/mol. The highest BCUT2D eigenvalue weighted by molar-refractivity contribution is 7.99. The molecule has 1 amide bonds. The molecule has 6 heteroatoms. The summed E-state index contributed by atoms with van der Waals surface area (Å²) in [4.78, 5) is 14.4. The number of thioether (sulfide) groups is 1. The molecule has 2 atom stereocenters. The van der Waals surface area contributed by atoms with Crippen molar-refractivity contribution in [2.24, 2.45) is 0 Å². The number of hydrogen-bond acceptors (Lipinski definition) is 5. The fourth-order valence-electron chi connectivity index (χ4n) is 2.21. The minimum Gasteiger partial charge on any atom is -0.384 e. The van der Waals surface area contributed by atoms with Crippen molar-refractivity contribution < 1.29 is 9.90 Å². The van der Waals surface area contributed by atoms with Crippen molar-refractivity contribution in [3.63, 3.8) is 0 Å². The van der Waals surface area contributed by atoms with Crippen LogP contribution in [0.25, 0.3) is 0 Å². The van der Waals surface area contributed by atoms with Gasteiger partial charge in [0.1, 0.15) is 5.60 Å². The standard InChI is InChI=1S/C14H22N2O2S2/c1-11(16-4-7-19-8-5-16)13(17)15-10-14(2,18)12-3-6-20-9-12/h3,6,9,11,18H,4-5,7-8,10H2,1-2H3,(H,15,17). The summed E-state index contributed by atoms with van der Waals surface area (Å²) in [6.45, 7) is 5.83. The molecule has 1 fully saturated rings. The van der Waals surface area contributed by atoms with E-state index in [4.69, 9.17) is 0 Å². The van der Waals surface area contributed by atoms with E-state index in [2.05, 4.69) is 10.2 Å². The minimum atomic E-state index is -1.01. The molecule has 2 heterocycles. The molecule has 0 bridgehead atoms. The van der Waals surface area contributed by atoms with Crippen molar-refractivity contribution in [3.8, 4) is 0 Å². The second-order valence-corrected chi connectivity index (χ2v) is 7.33. The Morgan fingerprint density at radius 3 is 2.85 bits per heavy atom. The van der Waals surface area contributed by atoms with E-state index in [-0.39, 0.29) is 18.5 Å². The van der Waals surface area contributed by atoms with Crippen LogP contribution in [0.15, 0.2) is 16.8 Å². The number of aliphatic hydroxyl groups is 1. The topological polar surface area (TPSA) is 52.6 Å². The zero-order valence-corrected chi connectivity index (χ0v) is 13.6. The van der Waals surface area contributed by atoms with E-state index >= 15 is 0 Å². The van der Waals surface area contributed by atoms with Gasteiger partial charge in [0.15, 0.2) is 0 Å².